The lowest BCUT2D eigenvalue weighted by atomic mass is 9.74. The highest BCUT2D eigenvalue weighted by molar-refractivity contribution is 5.87. The van der Waals surface area contributed by atoms with E-state index < -0.39 is 5.54 Å². The predicted molar refractivity (Wildman–Crippen MR) is 51.2 cm³/mol. The third-order valence-corrected chi connectivity index (χ3v) is 3.57. The van der Waals surface area contributed by atoms with Gasteiger partial charge in [0.05, 0.1) is 5.54 Å². The first kappa shape index (κ1) is 9.00. The van der Waals surface area contributed by atoms with Gasteiger partial charge < -0.3 is 11.1 Å². The third-order valence-electron chi connectivity index (χ3n) is 3.57. The van der Waals surface area contributed by atoms with E-state index in [2.05, 4.69) is 12.2 Å². The van der Waals surface area contributed by atoms with Gasteiger partial charge >= 0.3 is 0 Å². The highest BCUT2D eigenvalue weighted by Gasteiger charge is 2.44. The quantitative estimate of drug-likeness (QED) is 0.667. The van der Waals surface area contributed by atoms with E-state index in [4.69, 9.17) is 5.73 Å². The summed E-state index contributed by atoms with van der Waals surface area (Å²) in [6.45, 7) is 2.11. The predicted octanol–water partition coefficient (Wildman–Crippen LogP) is 0.927. The second-order valence-electron chi connectivity index (χ2n) is 4.88. The van der Waals surface area contributed by atoms with Crippen molar-refractivity contribution in [3.05, 3.63) is 0 Å². The van der Waals surface area contributed by atoms with E-state index in [0.717, 1.165) is 32.1 Å². The topological polar surface area (TPSA) is 55.1 Å². The summed E-state index contributed by atoms with van der Waals surface area (Å²) in [6.07, 6.45) is 6.25. The molecular formula is C10H18N2O. The molecule has 13 heavy (non-hydrogen) atoms. The number of rotatable bonds is 2. The summed E-state index contributed by atoms with van der Waals surface area (Å²) in [5.41, 5.74) is 5.45. The Morgan fingerprint density at radius 1 is 1.23 bits per heavy atom. The lowest BCUT2D eigenvalue weighted by molar-refractivity contribution is -0.132. The van der Waals surface area contributed by atoms with Gasteiger partial charge in [-0.1, -0.05) is 0 Å². The Balaban J connectivity index is 1.90. The van der Waals surface area contributed by atoms with Crippen LogP contribution in [0.2, 0.25) is 0 Å². The molecule has 3 heteroatoms. The zero-order chi connectivity index (χ0) is 9.53. The van der Waals surface area contributed by atoms with Crippen LogP contribution >= 0.6 is 0 Å². The molecule has 2 aliphatic rings. The number of carbonyl (C=O) groups is 1. The van der Waals surface area contributed by atoms with Gasteiger partial charge in [0.2, 0.25) is 5.91 Å². The maximum atomic E-state index is 11.7. The summed E-state index contributed by atoms with van der Waals surface area (Å²) in [5, 5.41) is 3.07. The second kappa shape index (κ2) is 2.71. The molecule has 2 aliphatic carbocycles. The summed E-state index contributed by atoms with van der Waals surface area (Å²) in [5.74, 6) is 0.0703. The van der Waals surface area contributed by atoms with Crippen molar-refractivity contribution in [1.82, 2.24) is 5.32 Å². The van der Waals surface area contributed by atoms with E-state index in [1.165, 1.54) is 6.42 Å². The largest absolute Gasteiger partial charge is 0.349 e. The van der Waals surface area contributed by atoms with Crippen LogP contribution in [0.5, 0.6) is 0 Å². The Kier molecular flexibility index (Phi) is 1.88. The van der Waals surface area contributed by atoms with Gasteiger partial charge in [-0.2, -0.15) is 0 Å². The van der Waals surface area contributed by atoms with Crippen molar-refractivity contribution < 1.29 is 4.79 Å². The molecule has 2 fully saturated rings. The Morgan fingerprint density at radius 3 is 2.08 bits per heavy atom. The van der Waals surface area contributed by atoms with Crippen LogP contribution in [0.3, 0.4) is 0 Å². The van der Waals surface area contributed by atoms with Crippen LogP contribution in [0.4, 0.5) is 0 Å². The normalized spacial score (nSPS) is 28.5. The molecule has 0 radical (unpaired) electrons. The highest BCUT2D eigenvalue weighted by atomic mass is 16.2. The number of amides is 1. The maximum absolute atomic E-state index is 11.7. The van der Waals surface area contributed by atoms with Crippen molar-refractivity contribution in [3.8, 4) is 0 Å². The molecule has 3 nitrogen and oxygen atoms in total. The second-order valence-corrected chi connectivity index (χ2v) is 4.88. The lowest BCUT2D eigenvalue weighted by Gasteiger charge is -2.44. The van der Waals surface area contributed by atoms with Crippen molar-refractivity contribution in [3.63, 3.8) is 0 Å². The van der Waals surface area contributed by atoms with Crippen LogP contribution in [-0.4, -0.2) is 17.0 Å². The minimum Gasteiger partial charge on any atom is -0.349 e. The summed E-state index contributed by atoms with van der Waals surface area (Å²) in [4.78, 5) is 11.7. The summed E-state index contributed by atoms with van der Waals surface area (Å²) < 4.78 is 0. The zero-order valence-corrected chi connectivity index (χ0v) is 8.23. The molecule has 0 aromatic carbocycles. The van der Waals surface area contributed by atoms with E-state index in [1.807, 2.05) is 0 Å². The average Bonchev–Trinajstić information content (AvgIpc) is 1.97. The van der Waals surface area contributed by atoms with Crippen LogP contribution in [0.1, 0.15) is 45.4 Å². The van der Waals surface area contributed by atoms with Gasteiger partial charge in [-0.25, -0.2) is 0 Å². The van der Waals surface area contributed by atoms with Crippen molar-refractivity contribution in [2.75, 3.05) is 0 Å². The molecule has 3 N–H and O–H groups in total. The molecule has 0 saturated heterocycles. The summed E-state index contributed by atoms with van der Waals surface area (Å²) in [7, 11) is 0. The number of carbonyl (C=O) groups excluding carboxylic acids is 1. The fourth-order valence-electron chi connectivity index (χ4n) is 2.02. The van der Waals surface area contributed by atoms with Gasteiger partial charge in [-0.3, -0.25) is 4.79 Å². The van der Waals surface area contributed by atoms with E-state index in [0.29, 0.717) is 0 Å². The highest BCUT2D eigenvalue weighted by Crippen LogP contribution is 2.34. The van der Waals surface area contributed by atoms with Gasteiger partial charge in [-0.05, 0) is 45.4 Å². The van der Waals surface area contributed by atoms with Crippen molar-refractivity contribution in [2.45, 2.75) is 56.5 Å². The Hall–Kier alpha value is -0.570. The first-order chi connectivity index (χ1) is 6.04. The van der Waals surface area contributed by atoms with Gasteiger partial charge in [0, 0.05) is 5.54 Å². The number of hydrogen-bond acceptors (Lipinski definition) is 2. The zero-order valence-electron chi connectivity index (χ0n) is 8.23. The van der Waals surface area contributed by atoms with Crippen molar-refractivity contribution >= 4 is 5.91 Å². The Labute approximate surface area is 79.1 Å². The molecule has 0 heterocycles. The van der Waals surface area contributed by atoms with E-state index in [-0.39, 0.29) is 11.4 Å². The molecule has 0 aliphatic heterocycles. The first-order valence-electron chi connectivity index (χ1n) is 5.16. The van der Waals surface area contributed by atoms with Gasteiger partial charge in [0.1, 0.15) is 0 Å². The van der Waals surface area contributed by atoms with Crippen LogP contribution in [0.15, 0.2) is 0 Å². The van der Waals surface area contributed by atoms with E-state index >= 15 is 0 Å². The fraction of sp³-hybridized carbons (Fsp3) is 0.900. The SMILES string of the molecule is CC1(NC(=O)C2(N)CCC2)CCC1. The number of hydrogen-bond donors (Lipinski definition) is 2. The molecule has 0 unspecified atom stereocenters. The first-order valence-corrected chi connectivity index (χ1v) is 5.16. The molecule has 2 rings (SSSR count). The molecule has 0 aromatic heterocycles. The minimum atomic E-state index is -0.529. The van der Waals surface area contributed by atoms with Crippen molar-refractivity contribution in [1.29, 1.82) is 0 Å². The van der Waals surface area contributed by atoms with E-state index in [1.54, 1.807) is 0 Å². The summed E-state index contributed by atoms with van der Waals surface area (Å²) >= 11 is 0. The fourth-order valence-corrected chi connectivity index (χ4v) is 2.02. The van der Waals surface area contributed by atoms with Crippen molar-refractivity contribution in [2.24, 2.45) is 5.73 Å². The molecule has 1 amide bonds. The van der Waals surface area contributed by atoms with Gasteiger partial charge in [0.15, 0.2) is 0 Å². The lowest BCUT2D eigenvalue weighted by Crippen LogP contribution is -2.64. The Morgan fingerprint density at radius 2 is 1.77 bits per heavy atom. The molecule has 0 spiro atoms. The molecule has 0 bridgehead atoms. The number of nitrogens with two attached hydrogens (primary N) is 1. The summed E-state index contributed by atoms with van der Waals surface area (Å²) in [6, 6.07) is 0. The van der Waals surface area contributed by atoms with Crippen LogP contribution in [-0.2, 0) is 4.79 Å². The average molecular weight is 182 g/mol. The number of nitrogens with one attached hydrogen (secondary N) is 1. The molecule has 0 aromatic rings. The molecule has 74 valence electrons. The minimum absolute atomic E-state index is 0.0546. The van der Waals surface area contributed by atoms with Gasteiger partial charge in [0.25, 0.3) is 0 Å². The maximum Gasteiger partial charge on any atom is 0.240 e. The molecule has 0 atom stereocenters. The van der Waals surface area contributed by atoms with E-state index in [9.17, 15) is 4.79 Å². The molecular weight excluding hydrogens is 164 g/mol. The van der Waals surface area contributed by atoms with Crippen LogP contribution in [0, 0.1) is 0 Å². The van der Waals surface area contributed by atoms with Crippen LogP contribution < -0.4 is 11.1 Å². The smallest absolute Gasteiger partial charge is 0.240 e. The molecule has 2 saturated carbocycles. The van der Waals surface area contributed by atoms with Gasteiger partial charge in [-0.15, -0.1) is 0 Å². The third kappa shape index (κ3) is 1.46. The van der Waals surface area contributed by atoms with Crippen LogP contribution in [0.25, 0.3) is 0 Å². The monoisotopic (exact) mass is 182 g/mol. The standard InChI is InChI=1S/C10H18N2O/c1-9(4-2-5-9)12-8(13)10(11)6-3-7-10/h2-7,11H2,1H3,(H,12,13). The Bertz CT molecular complexity index is 229.